The van der Waals surface area contributed by atoms with Crippen LogP contribution in [0.15, 0.2) is 30.3 Å². The van der Waals surface area contributed by atoms with E-state index in [1.807, 2.05) is 26.8 Å². The Labute approximate surface area is 207 Å². The zero-order chi connectivity index (χ0) is 25.3. The monoisotopic (exact) mass is 519 g/mol. The summed E-state index contributed by atoms with van der Waals surface area (Å²) in [5, 5.41) is 0. The third-order valence-electron chi connectivity index (χ3n) is 5.70. The summed E-state index contributed by atoms with van der Waals surface area (Å²) in [5.74, 6) is 0.515. The van der Waals surface area contributed by atoms with Crippen molar-refractivity contribution in [1.29, 1.82) is 0 Å². The molecule has 2 unspecified atom stereocenters. The van der Waals surface area contributed by atoms with E-state index in [9.17, 15) is 9.13 Å². The highest BCUT2D eigenvalue weighted by Crippen LogP contribution is 2.48. The van der Waals surface area contributed by atoms with Gasteiger partial charge in [0.2, 0.25) is 7.37 Å². The Balaban J connectivity index is 2.51. The molecule has 0 aliphatic carbocycles. The molecule has 198 valence electrons. The van der Waals surface area contributed by atoms with Crippen molar-refractivity contribution in [3.63, 3.8) is 0 Å². The van der Waals surface area contributed by atoms with Crippen molar-refractivity contribution >= 4 is 15.0 Å². The van der Waals surface area contributed by atoms with Gasteiger partial charge in [0.1, 0.15) is 0 Å². The van der Waals surface area contributed by atoms with Gasteiger partial charge in [-0.3, -0.25) is 9.13 Å². The molecule has 0 radical (unpaired) electrons. The standard InChI is InChI=1S/C25H47NO6P2/c1-6-24(25-14-11-10-12-15-25)16-21-29-20-13-17-26(18-22-33(5,27)30-7-2)19-23-34(28,31-8-3)32-9-4/h10-12,14-15,24H,6-9,13,16-23H2,1-5H3. The van der Waals surface area contributed by atoms with E-state index in [0.29, 0.717) is 57.8 Å². The van der Waals surface area contributed by atoms with E-state index in [1.54, 1.807) is 6.66 Å². The van der Waals surface area contributed by atoms with Gasteiger partial charge in [0.15, 0.2) is 0 Å². The molecular formula is C25H47NO6P2. The van der Waals surface area contributed by atoms with E-state index in [2.05, 4.69) is 36.1 Å². The summed E-state index contributed by atoms with van der Waals surface area (Å²) in [4.78, 5) is 2.17. The third kappa shape index (κ3) is 13.5. The number of rotatable bonds is 21. The van der Waals surface area contributed by atoms with Gasteiger partial charge < -0.3 is 23.2 Å². The van der Waals surface area contributed by atoms with E-state index in [4.69, 9.17) is 18.3 Å². The molecule has 1 rings (SSSR count). The molecule has 1 aromatic carbocycles. The molecule has 2 atom stereocenters. The predicted molar refractivity (Wildman–Crippen MR) is 142 cm³/mol. The maximum Gasteiger partial charge on any atom is 0.331 e. The van der Waals surface area contributed by atoms with Gasteiger partial charge in [0.05, 0.1) is 26.0 Å². The van der Waals surface area contributed by atoms with E-state index < -0.39 is 15.0 Å². The van der Waals surface area contributed by atoms with Gasteiger partial charge in [0, 0.05) is 45.7 Å². The topological polar surface area (TPSA) is 74.3 Å². The van der Waals surface area contributed by atoms with Crippen molar-refractivity contribution in [3.8, 4) is 0 Å². The molecule has 1 aromatic rings. The summed E-state index contributed by atoms with van der Waals surface area (Å²) in [7, 11) is -5.75. The molecule has 0 spiro atoms. The second-order valence-electron chi connectivity index (χ2n) is 8.44. The van der Waals surface area contributed by atoms with Crippen molar-refractivity contribution in [2.45, 2.75) is 52.9 Å². The average molecular weight is 520 g/mol. The zero-order valence-electron chi connectivity index (χ0n) is 21.9. The lowest BCUT2D eigenvalue weighted by atomic mass is 9.94. The van der Waals surface area contributed by atoms with Crippen LogP contribution >= 0.6 is 15.0 Å². The molecule has 0 aliphatic heterocycles. The van der Waals surface area contributed by atoms with Crippen molar-refractivity contribution in [3.05, 3.63) is 35.9 Å². The lowest BCUT2D eigenvalue weighted by Crippen LogP contribution is -2.32. The highest BCUT2D eigenvalue weighted by molar-refractivity contribution is 7.58. The molecule has 0 bridgehead atoms. The lowest BCUT2D eigenvalue weighted by Gasteiger charge is -2.26. The first-order valence-electron chi connectivity index (χ1n) is 12.7. The minimum Gasteiger partial charge on any atom is -0.381 e. The van der Waals surface area contributed by atoms with Gasteiger partial charge in [-0.2, -0.15) is 0 Å². The fourth-order valence-electron chi connectivity index (χ4n) is 3.87. The molecular weight excluding hydrogens is 472 g/mol. The van der Waals surface area contributed by atoms with Crippen molar-refractivity contribution in [2.75, 3.05) is 71.7 Å². The van der Waals surface area contributed by atoms with Crippen LogP contribution in [0, 0.1) is 0 Å². The quantitative estimate of drug-likeness (QED) is 0.136. The SMILES string of the molecule is CCOP(C)(=O)CCN(CCCOCCC(CC)c1ccccc1)CCP(=O)(OCC)OCC. The van der Waals surface area contributed by atoms with Crippen LogP contribution in [0.25, 0.3) is 0 Å². The van der Waals surface area contributed by atoms with Crippen LogP contribution in [-0.4, -0.2) is 76.6 Å². The number of hydrogen-bond acceptors (Lipinski definition) is 7. The number of ether oxygens (including phenoxy) is 1. The van der Waals surface area contributed by atoms with Crippen LogP contribution < -0.4 is 0 Å². The number of hydrogen-bond donors (Lipinski definition) is 0. The Kier molecular flexibility index (Phi) is 16.5. The first kappa shape index (κ1) is 31.5. The highest BCUT2D eigenvalue weighted by Gasteiger charge is 2.25. The Morgan fingerprint density at radius 2 is 1.44 bits per heavy atom. The Bertz CT molecular complexity index is 723. The van der Waals surface area contributed by atoms with E-state index in [1.165, 1.54) is 5.56 Å². The van der Waals surface area contributed by atoms with Crippen LogP contribution in [0.5, 0.6) is 0 Å². The molecule has 7 nitrogen and oxygen atoms in total. The van der Waals surface area contributed by atoms with Crippen molar-refractivity contribution in [1.82, 2.24) is 4.90 Å². The normalized spacial score (nSPS) is 14.9. The van der Waals surface area contributed by atoms with Gasteiger partial charge >= 0.3 is 7.60 Å². The maximum atomic E-state index is 12.9. The minimum atomic E-state index is -3.12. The fraction of sp³-hybridized carbons (Fsp3) is 0.760. The summed E-state index contributed by atoms with van der Waals surface area (Å²) in [6.07, 6.45) is 3.72. The molecule has 0 aliphatic rings. The summed E-state index contributed by atoms with van der Waals surface area (Å²) in [5.41, 5.74) is 1.37. The summed E-state index contributed by atoms with van der Waals surface area (Å²) < 4.78 is 47.7. The molecule has 0 saturated carbocycles. The average Bonchev–Trinajstić information content (AvgIpc) is 2.80. The molecule has 0 aromatic heterocycles. The Hall–Kier alpha value is -0.520. The third-order valence-corrected chi connectivity index (χ3v) is 9.57. The van der Waals surface area contributed by atoms with Crippen molar-refractivity contribution in [2.24, 2.45) is 0 Å². The van der Waals surface area contributed by atoms with E-state index >= 15 is 0 Å². The van der Waals surface area contributed by atoms with Gasteiger partial charge in [0.25, 0.3) is 0 Å². The van der Waals surface area contributed by atoms with Crippen LogP contribution in [0.1, 0.15) is 58.4 Å². The molecule has 0 fully saturated rings. The lowest BCUT2D eigenvalue weighted by molar-refractivity contribution is 0.115. The van der Waals surface area contributed by atoms with Crippen LogP contribution in [0.2, 0.25) is 0 Å². The second kappa shape index (κ2) is 17.8. The van der Waals surface area contributed by atoms with Gasteiger partial charge in [-0.15, -0.1) is 0 Å². The summed E-state index contributed by atoms with van der Waals surface area (Å²) >= 11 is 0. The van der Waals surface area contributed by atoms with Gasteiger partial charge in [-0.25, -0.2) is 0 Å². The molecule has 0 heterocycles. The fourth-order valence-corrected chi connectivity index (χ4v) is 6.84. The number of benzene rings is 1. The largest absolute Gasteiger partial charge is 0.381 e. The molecule has 0 N–H and O–H groups in total. The Morgan fingerprint density at radius 1 is 0.824 bits per heavy atom. The van der Waals surface area contributed by atoms with Crippen molar-refractivity contribution < 1.29 is 27.4 Å². The van der Waals surface area contributed by atoms with E-state index in [-0.39, 0.29) is 0 Å². The zero-order valence-corrected chi connectivity index (χ0v) is 23.7. The molecule has 34 heavy (non-hydrogen) atoms. The minimum absolute atomic E-state index is 0.313. The second-order valence-corrected chi connectivity index (χ2v) is 13.4. The first-order valence-corrected chi connectivity index (χ1v) is 16.7. The smallest absolute Gasteiger partial charge is 0.331 e. The molecule has 9 heteroatoms. The number of nitrogens with zero attached hydrogens (tertiary/aromatic N) is 1. The molecule has 0 saturated heterocycles. The first-order chi connectivity index (χ1) is 16.3. The van der Waals surface area contributed by atoms with Gasteiger partial charge in [-0.05, 0) is 51.5 Å². The van der Waals surface area contributed by atoms with Crippen LogP contribution in [0.3, 0.4) is 0 Å². The predicted octanol–water partition coefficient (Wildman–Crippen LogP) is 6.49. The maximum absolute atomic E-state index is 12.9. The summed E-state index contributed by atoms with van der Waals surface area (Å²) in [6.45, 7) is 13.8. The molecule has 0 amide bonds. The highest BCUT2D eigenvalue weighted by atomic mass is 31.2. The van der Waals surface area contributed by atoms with E-state index in [0.717, 1.165) is 32.4 Å². The van der Waals surface area contributed by atoms with Gasteiger partial charge in [-0.1, -0.05) is 37.3 Å². The summed E-state index contributed by atoms with van der Waals surface area (Å²) in [6, 6.07) is 10.6. The van der Waals surface area contributed by atoms with Crippen LogP contribution in [-0.2, 0) is 27.4 Å². The van der Waals surface area contributed by atoms with Crippen LogP contribution in [0.4, 0.5) is 0 Å². The Morgan fingerprint density at radius 3 is 2.03 bits per heavy atom.